The van der Waals surface area contributed by atoms with Gasteiger partial charge in [0.05, 0.1) is 6.26 Å². The van der Waals surface area contributed by atoms with Crippen LogP contribution in [0.5, 0.6) is 0 Å². The minimum absolute atomic E-state index is 0.272. The van der Waals surface area contributed by atoms with Crippen molar-refractivity contribution in [3.63, 3.8) is 0 Å². The van der Waals surface area contributed by atoms with Crippen LogP contribution < -0.4 is 11.1 Å². The smallest absolute Gasteiger partial charge is 0.213 e. The summed E-state index contributed by atoms with van der Waals surface area (Å²) < 4.78 is 39.2. The number of nitrogens with two attached hydrogens (primary N) is 1. The molecule has 184 valence electrons. The maximum absolute atomic E-state index is 13.7. The van der Waals surface area contributed by atoms with E-state index in [9.17, 15) is 12.8 Å². The van der Waals surface area contributed by atoms with Crippen molar-refractivity contribution in [2.24, 2.45) is 0 Å². The molecule has 2 aliphatic heterocycles. The van der Waals surface area contributed by atoms with Gasteiger partial charge in [0.2, 0.25) is 16.0 Å². The molecule has 0 radical (unpaired) electrons. The first-order valence-corrected chi connectivity index (χ1v) is 13.8. The second-order valence-corrected chi connectivity index (χ2v) is 11.4. The number of benzene rings is 1. The van der Waals surface area contributed by atoms with E-state index in [1.54, 1.807) is 16.6 Å². The molecule has 0 saturated carbocycles. The average Bonchev–Trinajstić information content (AvgIpc) is 3.39. The number of aromatic nitrogens is 2. The van der Waals surface area contributed by atoms with Crippen LogP contribution in [0.2, 0.25) is 0 Å². The number of piperidine rings is 1. The third-order valence-corrected chi connectivity index (χ3v) is 8.48. The standard InChI is InChI=1S/C26H30FN5O2S/c1-35(33,34)32-11-7-17(8-12-32)21-5-4-18(13-23(21)24-3-2-9-29-24)20-14-22(26(28)31-16-20)19-6-10-30-25(27)15-19/h4-6,10,13-17,24,29H,2-3,7-9,11-12H2,1H3,(H2,28,31)/t24-/m0/s1. The van der Waals surface area contributed by atoms with Crippen LogP contribution in [0.4, 0.5) is 10.2 Å². The van der Waals surface area contributed by atoms with Gasteiger partial charge in [0, 0.05) is 48.7 Å². The molecule has 0 unspecified atom stereocenters. The number of hydrogen-bond donors (Lipinski definition) is 2. The van der Waals surface area contributed by atoms with E-state index in [0.717, 1.165) is 43.4 Å². The predicted octanol–water partition coefficient (Wildman–Crippen LogP) is 4.10. The summed E-state index contributed by atoms with van der Waals surface area (Å²) >= 11 is 0. The Kier molecular flexibility index (Phi) is 6.57. The van der Waals surface area contributed by atoms with Crippen LogP contribution in [0.15, 0.2) is 48.8 Å². The van der Waals surface area contributed by atoms with Crippen LogP contribution >= 0.6 is 0 Å². The summed E-state index contributed by atoms with van der Waals surface area (Å²) in [6, 6.07) is 11.8. The Morgan fingerprint density at radius 1 is 1.00 bits per heavy atom. The Balaban J connectivity index is 1.50. The Labute approximate surface area is 205 Å². The maximum atomic E-state index is 13.7. The largest absolute Gasteiger partial charge is 0.383 e. The maximum Gasteiger partial charge on any atom is 0.213 e. The molecule has 9 heteroatoms. The number of sulfonamides is 1. The number of pyridine rings is 2. The molecule has 4 heterocycles. The predicted molar refractivity (Wildman–Crippen MR) is 136 cm³/mol. The molecule has 2 aromatic heterocycles. The van der Waals surface area contributed by atoms with Crippen molar-refractivity contribution in [2.45, 2.75) is 37.6 Å². The van der Waals surface area contributed by atoms with Gasteiger partial charge in [-0.2, -0.15) is 4.39 Å². The van der Waals surface area contributed by atoms with Crippen LogP contribution in [-0.4, -0.2) is 48.6 Å². The average molecular weight is 496 g/mol. The zero-order valence-electron chi connectivity index (χ0n) is 19.7. The second kappa shape index (κ2) is 9.64. The van der Waals surface area contributed by atoms with Gasteiger partial charge in [-0.1, -0.05) is 12.1 Å². The lowest BCUT2D eigenvalue weighted by atomic mass is 9.83. The van der Waals surface area contributed by atoms with Crippen molar-refractivity contribution in [2.75, 3.05) is 31.6 Å². The molecule has 3 N–H and O–H groups in total. The van der Waals surface area contributed by atoms with Gasteiger partial charge in [0.25, 0.3) is 0 Å². The fraction of sp³-hybridized carbons (Fsp3) is 0.385. The molecule has 0 aliphatic carbocycles. The highest BCUT2D eigenvalue weighted by atomic mass is 32.2. The molecule has 1 aromatic carbocycles. The van der Waals surface area contributed by atoms with Crippen molar-refractivity contribution in [1.29, 1.82) is 0 Å². The Morgan fingerprint density at radius 3 is 2.49 bits per heavy atom. The number of nitrogen functional groups attached to an aromatic ring is 1. The van der Waals surface area contributed by atoms with Crippen molar-refractivity contribution in [1.82, 2.24) is 19.6 Å². The van der Waals surface area contributed by atoms with E-state index in [1.165, 1.54) is 29.6 Å². The topological polar surface area (TPSA) is 101 Å². The summed E-state index contributed by atoms with van der Waals surface area (Å²) in [6.45, 7) is 2.09. The molecular weight excluding hydrogens is 465 g/mol. The third kappa shape index (κ3) is 5.07. The van der Waals surface area contributed by atoms with E-state index in [4.69, 9.17) is 5.73 Å². The van der Waals surface area contributed by atoms with Crippen LogP contribution in [0, 0.1) is 5.95 Å². The number of nitrogens with one attached hydrogen (secondary N) is 1. The first-order chi connectivity index (χ1) is 16.8. The van der Waals surface area contributed by atoms with Gasteiger partial charge in [0.15, 0.2) is 0 Å². The summed E-state index contributed by atoms with van der Waals surface area (Å²) in [5.74, 6) is 0.0961. The number of halogens is 1. The van der Waals surface area contributed by atoms with Gasteiger partial charge in [-0.3, -0.25) is 0 Å². The number of rotatable bonds is 5. The molecule has 35 heavy (non-hydrogen) atoms. The monoisotopic (exact) mass is 495 g/mol. The molecule has 0 amide bonds. The molecule has 1 atom stereocenters. The first kappa shape index (κ1) is 23.8. The molecule has 0 bridgehead atoms. The Morgan fingerprint density at radius 2 is 1.80 bits per heavy atom. The SMILES string of the molecule is CS(=O)(=O)N1CCC(c2ccc(-c3cnc(N)c(-c4ccnc(F)c4)c3)cc2[C@@H]2CCCN2)CC1. The minimum Gasteiger partial charge on any atom is -0.383 e. The molecule has 5 rings (SSSR count). The molecule has 2 fully saturated rings. The lowest BCUT2D eigenvalue weighted by Gasteiger charge is -2.32. The van der Waals surface area contributed by atoms with Crippen molar-refractivity contribution in [3.05, 3.63) is 65.9 Å². The zero-order valence-corrected chi connectivity index (χ0v) is 20.6. The normalized spacial score (nSPS) is 19.8. The molecule has 0 spiro atoms. The molecular formula is C26H30FN5O2S. The van der Waals surface area contributed by atoms with Crippen molar-refractivity contribution in [3.8, 4) is 22.3 Å². The lowest BCUT2D eigenvalue weighted by molar-refractivity contribution is 0.320. The first-order valence-electron chi connectivity index (χ1n) is 12.0. The van der Waals surface area contributed by atoms with Gasteiger partial charge in [-0.25, -0.2) is 22.7 Å². The van der Waals surface area contributed by atoms with Gasteiger partial charge < -0.3 is 11.1 Å². The fourth-order valence-electron chi connectivity index (χ4n) is 5.31. The summed E-state index contributed by atoms with van der Waals surface area (Å²) in [6.07, 6.45) is 8.28. The molecule has 3 aromatic rings. The van der Waals surface area contributed by atoms with Crippen LogP contribution in [0.3, 0.4) is 0 Å². The number of hydrogen-bond acceptors (Lipinski definition) is 6. The third-order valence-electron chi connectivity index (χ3n) is 7.17. The molecule has 2 aliphatic rings. The van der Waals surface area contributed by atoms with Crippen LogP contribution in [0.1, 0.15) is 48.8 Å². The zero-order chi connectivity index (χ0) is 24.6. The summed E-state index contributed by atoms with van der Waals surface area (Å²) in [5, 5.41) is 3.63. The van der Waals surface area contributed by atoms with Gasteiger partial charge >= 0.3 is 0 Å². The van der Waals surface area contributed by atoms with Crippen molar-refractivity contribution < 1.29 is 12.8 Å². The number of anilines is 1. The van der Waals surface area contributed by atoms with E-state index in [1.807, 2.05) is 6.07 Å². The van der Waals surface area contributed by atoms with Gasteiger partial charge in [0.1, 0.15) is 5.82 Å². The summed E-state index contributed by atoms with van der Waals surface area (Å²) in [7, 11) is -3.16. The molecule has 2 saturated heterocycles. The number of nitrogens with zero attached hydrogens (tertiary/aromatic N) is 3. The van der Waals surface area contributed by atoms with Gasteiger partial charge in [-0.05, 0) is 78.6 Å². The van der Waals surface area contributed by atoms with Crippen LogP contribution in [0.25, 0.3) is 22.3 Å². The fourth-order valence-corrected chi connectivity index (χ4v) is 6.18. The second-order valence-electron chi connectivity index (χ2n) is 9.45. The van der Waals surface area contributed by atoms with E-state index in [-0.39, 0.29) is 6.04 Å². The highest BCUT2D eigenvalue weighted by molar-refractivity contribution is 7.88. The Bertz CT molecular complexity index is 1330. The highest BCUT2D eigenvalue weighted by Gasteiger charge is 2.29. The van der Waals surface area contributed by atoms with E-state index >= 15 is 0 Å². The summed E-state index contributed by atoms with van der Waals surface area (Å²) in [4.78, 5) is 8.02. The van der Waals surface area contributed by atoms with Crippen molar-refractivity contribution >= 4 is 15.8 Å². The van der Waals surface area contributed by atoms with E-state index < -0.39 is 16.0 Å². The Hall–Kier alpha value is -2.88. The quantitative estimate of drug-likeness (QED) is 0.517. The highest BCUT2D eigenvalue weighted by Crippen LogP contribution is 2.39. The lowest BCUT2D eigenvalue weighted by Crippen LogP contribution is -2.37. The molecule has 7 nitrogen and oxygen atoms in total. The minimum atomic E-state index is -3.16. The summed E-state index contributed by atoms with van der Waals surface area (Å²) in [5.41, 5.74) is 11.9. The van der Waals surface area contributed by atoms with E-state index in [0.29, 0.717) is 36.0 Å². The van der Waals surface area contributed by atoms with E-state index in [2.05, 4.69) is 33.5 Å². The van der Waals surface area contributed by atoms with Crippen LogP contribution in [-0.2, 0) is 10.0 Å². The van der Waals surface area contributed by atoms with Gasteiger partial charge in [-0.15, -0.1) is 0 Å².